The van der Waals surface area contributed by atoms with E-state index in [4.69, 9.17) is 4.79 Å². The number of rotatable bonds is 4. The highest BCUT2D eigenvalue weighted by Crippen LogP contribution is 2.29. The number of hydrogen-bond acceptors (Lipinski definition) is 5. The Morgan fingerprint density at radius 3 is 1.96 bits per heavy atom. The van der Waals surface area contributed by atoms with Crippen molar-refractivity contribution in [3.63, 3.8) is 0 Å². The van der Waals surface area contributed by atoms with Crippen LogP contribution >= 0.6 is 11.8 Å². The van der Waals surface area contributed by atoms with Crippen LogP contribution in [0.3, 0.4) is 0 Å². The fourth-order valence-electron chi connectivity index (χ4n) is 1.95. The predicted molar refractivity (Wildman–Crippen MR) is 102 cm³/mol. The summed E-state index contributed by atoms with van der Waals surface area (Å²) < 4.78 is 0. The fraction of sp³-hybridized carbons (Fsp3) is 0.556. The molecule has 4 nitrogen and oxygen atoms in total. The van der Waals surface area contributed by atoms with E-state index in [0.717, 1.165) is 13.1 Å². The topological polar surface area (TPSA) is 63.4 Å². The van der Waals surface area contributed by atoms with Gasteiger partial charge in [-0.3, -0.25) is 4.79 Å². The SMILES string of the molecule is C=O.CC.CC(=O)C1CN(c2ccc(SC(C)C)cc2)C1.CN. The van der Waals surface area contributed by atoms with Gasteiger partial charge in [0.05, 0.1) is 5.92 Å². The zero-order valence-electron chi connectivity index (χ0n) is 15.3. The molecule has 0 radical (unpaired) electrons. The van der Waals surface area contributed by atoms with E-state index in [2.05, 4.69) is 48.7 Å². The molecule has 1 saturated heterocycles. The van der Waals surface area contributed by atoms with Crippen LogP contribution in [0.1, 0.15) is 34.6 Å². The minimum Gasteiger partial charge on any atom is -0.370 e. The lowest BCUT2D eigenvalue weighted by Gasteiger charge is -2.39. The van der Waals surface area contributed by atoms with Gasteiger partial charge in [0.2, 0.25) is 0 Å². The highest BCUT2D eigenvalue weighted by molar-refractivity contribution is 7.99. The molecule has 0 unspecified atom stereocenters. The number of ketones is 1. The Labute approximate surface area is 145 Å². The van der Waals surface area contributed by atoms with Gasteiger partial charge in [-0.05, 0) is 38.2 Å². The zero-order valence-corrected chi connectivity index (χ0v) is 16.2. The van der Waals surface area contributed by atoms with Gasteiger partial charge in [0.15, 0.2) is 0 Å². The van der Waals surface area contributed by atoms with Crippen molar-refractivity contribution in [3.05, 3.63) is 24.3 Å². The van der Waals surface area contributed by atoms with E-state index in [9.17, 15) is 4.79 Å². The number of thioether (sulfide) groups is 1. The summed E-state index contributed by atoms with van der Waals surface area (Å²) >= 11 is 1.88. The summed E-state index contributed by atoms with van der Waals surface area (Å²) in [5.41, 5.74) is 5.73. The van der Waals surface area contributed by atoms with Crippen molar-refractivity contribution in [2.45, 2.75) is 44.8 Å². The molecular formula is C18H32N2O2S. The minimum atomic E-state index is 0.250. The molecule has 0 saturated carbocycles. The Balaban J connectivity index is 0. The van der Waals surface area contributed by atoms with E-state index in [0.29, 0.717) is 11.0 Å². The maximum atomic E-state index is 11.1. The molecule has 0 spiro atoms. The second-order valence-electron chi connectivity index (χ2n) is 4.87. The summed E-state index contributed by atoms with van der Waals surface area (Å²) in [6.07, 6.45) is 0. The number of nitrogens with zero attached hydrogens (tertiary/aromatic N) is 1. The van der Waals surface area contributed by atoms with E-state index in [1.54, 1.807) is 6.92 Å². The Hall–Kier alpha value is -1.33. The van der Waals surface area contributed by atoms with Crippen LogP contribution in [0.2, 0.25) is 0 Å². The summed E-state index contributed by atoms with van der Waals surface area (Å²) in [7, 11) is 1.50. The van der Waals surface area contributed by atoms with Crippen LogP contribution in [0.15, 0.2) is 29.2 Å². The lowest BCUT2D eigenvalue weighted by Crippen LogP contribution is -2.49. The van der Waals surface area contributed by atoms with E-state index < -0.39 is 0 Å². The van der Waals surface area contributed by atoms with Crippen molar-refractivity contribution < 1.29 is 9.59 Å². The number of Topliss-reactive ketones (excluding diaryl/α,β-unsaturated/α-hetero) is 1. The van der Waals surface area contributed by atoms with Crippen LogP contribution in [0.5, 0.6) is 0 Å². The first-order chi connectivity index (χ1) is 11.1. The van der Waals surface area contributed by atoms with Crippen LogP contribution in [0.25, 0.3) is 0 Å². The molecule has 0 bridgehead atoms. The molecule has 1 aromatic rings. The number of carbonyl (C=O) groups excluding carboxylic acids is 2. The van der Waals surface area contributed by atoms with Gasteiger partial charge in [-0.1, -0.05) is 27.7 Å². The average Bonchev–Trinajstić information content (AvgIpc) is 2.53. The largest absolute Gasteiger partial charge is 0.370 e. The molecule has 1 aromatic carbocycles. The normalized spacial score (nSPS) is 12.6. The van der Waals surface area contributed by atoms with Gasteiger partial charge in [0.25, 0.3) is 0 Å². The van der Waals surface area contributed by atoms with Gasteiger partial charge < -0.3 is 15.4 Å². The fourth-order valence-corrected chi connectivity index (χ4v) is 2.79. The minimum absolute atomic E-state index is 0.250. The summed E-state index contributed by atoms with van der Waals surface area (Å²) in [5.74, 6) is 0.563. The molecule has 1 aliphatic rings. The first-order valence-electron chi connectivity index (χ1n) is 7.95. The molecule has 1 aliphatic heterocycles. The van der Waals surface area contributed by atoms with E-state index >= 15 is 0 Å². The van der Waals surface area contributed by atoms with Gasteiger partial charge in [0, 0.05) is 28.9 Å². The summed E-state index contributed by atoms with van der Waals surface area (Å²) in [4.78, 5) is 22.7. The van der Waals surface area contributed by atoms with Crippen molar-refractivity contribution in [1.29, 1.82) is 0 Å². The summed E-state index contributed by atoms with van der Waals surface area (Å²) in [6.45, 7) is 13.8. The molecule has 0 aromatic heterocycles. The number of nitrogens with two attached hydrogens (primary N) is 1. The van der Waals surface area contributed by atoms with Gasteiger partial charge >= 0.3 is 0 Å². The monoisotopic (exact) mass is 340 g/mol. The van der Waals surface area contributed by atoms with Gasteiger partial charge in [-0.25, -0.2) is 0 Å². The smallest absolute Gasteiger partial charge is 0.136 e. The second kappa shape index (κ2) is 14.3. The third-order valence-corrected chi connectivity index (χ3v) is 4.05. The van der Waals surface area contributed by atoms with Gasteiger partial charge in [0.1, 0.15) is 12.6 Å². The van der Waals surface area contributed by atoms with Gasteiger partial charge in [-0.2, -0.15) is 0 Å². The van der Waals surface area contributed by atoms with Crippen LogP contribution in [-0.2, 0) is 9.59 Å². The first kappa shape index (κ1) is 23.9. The number of benzene rings is 1. The molecule has 23 heavy (non-hydrogen) atoms. The molecule has 2 N–H and O–H groups in total. The molecule has 1 heterocycles. The molecule has 1 fully saturated rings. The summed E-state index contributed by atoms with van der Waals surface area (Å²) in [6, 6.07) is 8.64. The quantitative estimate of drug-likeness (QED) is 0.848. The number of carbonyl (C=O) groups is 2. The van der Waals surface area contributed by atoms with E-state index in [-0.39, 0.29) is 5.92 Å². The molecule has 5 heteroatoms. The van der Waals surface area contributed by atoms with Crippen LogP contribution in [0.4, 0.5) is 5.69 Å². The van der Waals surface area contributed by atoms with Crippen molar-refractivity contribution >= 4 is 30.0 Å². The lowest BCUT2D eigenvalue weighted by molar-refractivity contribution is -0.121. The highest BCUT2D eigenvalue weighted by Gasteiger charge is 2.29. The second-order valence-corrected chi connectivity index (χ2v) is 6.52. The molecule has 0 amide bonds. The summed E-state index contributed by atoms with van der Waals surface area (Å²) in [5, 5.41) is 0.618. The lowest BCUT2D eigenvalue weighted by atomic mass is 9.95. The third-order valence-electron chi connectivity index (χ3n) is 3.03. The van der Waals surface area contributed by atoms with E-state index in [1.807, 2.05) is 32.4 Å². The first-order valence-corrected chi connectivity index (χ1v) is 8.83. The number of anilines is 1. The molecule has 0 atom stereocenters. The van der Waals surface area contributed by atoms with Crippen molar-refractivity contribution in [2.75, 3.05) is 25.0 Å². The van der Waals surface area contributed by atoms with Crippen LogP contribution < -0.4 is 10.6 Å². The van der Waals surface area contributed by atoms with Crippen LogP contribution in [0, 0.1) is 5.92 Å². The third kappa shape index (κ3) is 8.77. The van der Waals surface area contributed by atoms with Crippen LogP contribution in [-0.4, -0.2) is 38.0 Å². The zero-order chi connectivity index (χ0) is 18.4. The maximum absolute atomic E-state index is 11.1. The maximum Gasteiger partial charge on any atom is 0.136 e. The van der Waals surface area contributed by atoms with E-state index in [1.165, 1.54) is 17.6 Å². The molecule has 0 aliphatic carbocycles. The standard InChI is InChI=1S/C14H19NOS.C2H6.CH5N.CH2O/c1-10(2)17-14-6-4-13(5-7-14)15-8-12(9-15)11(3)16;3*1-2/h4-7,10,12H,8-9H2,1-3H3;1-2H3;2H2,1H3;1H2. The van der Waals surface area contributed by atoms with Crippen molar-refractivity contribution in [1.82, 2.24) is 0 Å². The predicted octanol–water partition coefficient (Wildman–Crippen LogP) is 3.63. The average molecular weight is 341 g/mol. The Morgan fingerprint density at radius 1 is 1.17 bits per heavy atom. The Bertz CT molecular complexity index is 416. The number of hydrogen-bond donors (Lipinski definition) is 1. The highest BCUT2D eigenvalue weighted by atomic mass is 32.2. The molecule has 2 rings (SSSR count). The Morgan fingerprint density at radius 2 is 1.61 bits per heavy atom. The van der Waals surface area contributed by atoms with Crippen molar-refractivity contribution in [3.8, 4) is 0 Å². The van der Waals surface area contributed by atoms with Gasteiger partial charge in [-0.15, -0.1) is 11.8 Å². The Kier molecular flexibility index (Phi) is 14.9. The molecular weight excluding hydrogens is 308 g/mol. The van der Waals surface area contributed by atoms with Crippen molar-refractivity contribution in [2.24, 2.45) is 11.7 Å². The molecule has 132 valence electrons.